The van der Waals surface area contributed by atoms with Crippen LogP contribution in [0.3, 0.4) is 0 Å². The lowest BCUT2D eigenvalue weighted by atomic mass is 9.74. The van der Waals surface area contributed by atoms with Crippen molar-refractivity contribution >= 4 is 9.84 Å². The number of hydrogen-bond donors (Lipinski definition) is 1. The fraction of sp³-hybridized carbons (Fsp3) is 0.571. The second-order valence-electron chi connectivity index (χ2n) is 10.0. The highest BCUT2D eigenvalue weighted by molar-refractivity contribution is 7.92. The molecule has 2 saturated heterocycles. The predicted octanol–water partition coefficient (Wildman–Crippen LogP) is 3.99. The highest BCUT2D eigenvalue weighted by Crippen LogP contribution is 2.37. The number of methoxy groups -OCH3 is 1. The maximum Gasteiger partial charge on any atom is 0.163 e. The molecule has 0 aliphatic carbocycles. The summed E-state index contributed by atoms with van der Waals surface area (Å²) in [5, 5.41) is 2.00. The second kappa shape index (κ2) is 12.1. The van der Waals surface area contributed by atoms with Gasteiger partial charge in [-0.25, -0.2) is 12.8 Å². The Morgan fingerprint density at radius 1 is 1.11 bits per heavy atom. The van der Waals surface area contributed by atoms with Crippen LogP contribution in [0.2, 0.25) is 0 Å². The van der Waals surface area contributed by atoms with Crippen molar-refractivity contribution in [1.82, 2.24) is 5.32 Å². The van der Waals surface area contributed by atoms with Crippen molar-refractivity contribution in [2.45, 2.75) is 54.6 Å². The van der Waals surface area contributed by atoms with Crippen LogP contribution >= 0.6 is 0 Å². The molecule has 0 aromatic heterocycles. The van der Waals surface area contributed by atoms with Gasteiger partial charge in [0.2, 0.25) is 0 Å². The molecule has 8 heteroatoms. The van der Waals surface area contributed by atoms with E-state index in [1.54, 1.807) is 19.2 Å². The quantitative estimate of drug-likeness (QED) is 0.479. The van der Waals surface area contributed by atoms with Crippen LogP contribution in [0.25, 0.3) is 0 Å². The van der Waals surface area contributed by atoms with Crippen LogP contribution in [0.5, 0.6) is 0 Å². The zero-order valence-electron chi connectivity index (χ0n) is 21.2. The van der Waals surface area contributed by atoms with E-state index < -0.39 is 20.3 Å². The molecule has 2 heterocycles. The first-order valence-corrected chi connectivity index (χ1v) is 14.4. The Morgan fingerprint density at radius 3 is 2.56 bits per heavy atom. The molecular formula is C28H38FNO5S. The molecule has 0 bridgehead atoms. The third-order valence-corrected chi connectivity index (χ3v) is 10.4. The van der Waals surface area contributed by atoms with Crippen molar-refractivity contribution in [3.63, 3.8) is 0 Å². The molecule has 3 atom stereocenters. The van der Waals surface area contributed by atoms with E-state index in [1.807, 2.05) is 43.3 Å². The molecule has 0 spiro atoms. The van der Waals surface area contributed by atoms with Crippen LogP contribution in [0.1, 0.15) is 48.1 Å². The molecule has 2 aromatic carbocycles. The van der Waals surface area contributed by atoms with E-state index in [0.717, 1.165) is 30.4 Å². The van der Waals surface area contributed by atoms with Gasteiger partial charge in [0.15, 0.2) is 9.84 Å². The highest BCUT2D eigenvalue weighted by atomic mass is 32.2. The van der Waals surface area contributed by atoms with Gasteiger partial charge in [0.1, 0.15) is 5.82 Å². The second-order valence-corrected chi connectivity index (χ2v) is 12.4. The van der Waals surface area contributed by atoms with Gasteiger partial charge < -0.3 is 19.5 Å². The maximum atomic E-state index is 15.5. The zero-order chi connectivity index (χ0) is 25.6. The summed E-state index contributed by atoms with van der Waals surface area (Å²) in [7, 11) is -1.85. The van der Waals surface area contributed by atoms with Crippen LogP contribution in [0.4, 0.5) is 4.39 Å². The molecule has 0 saturated carbocycles. The van der Waals surface area contributed by atoms with E-state index in [9.17, 15) is 8.42 Å². The van der Waals surface area contributed by atoms with E-state index in [1.165, 1.54) is 0 Å². The summed E-state index contributed by atoms with van der Waals surface area (Å²) in [5.74, 6) is -0.359. The summed E-state index contributed by atoms with van der Waals surface area (Å²) in [4.78, 5) is 0. The predicted molar refractivity (Wildman–Crippen MR) is 139 cm³/mol. The summed E-state index contributed by atoms with van der Waals surface area (Å²) in [5.41, 5.74) is 1.77. The average molecular weight is 520 g/mol. The summed E-state index contributed by atoms with van der Waals surface area (Å²) in [6.07, 6.45) is 2.46. The van der Waals surface area contributed by atoms with Gasteiger partial charge in [0, 0.05) is 51.5 Å². The lowest BCUT2D eigenvalue weighted by Gasteiger charge is -2.38. The number of nitrogens with one attached hydrogen (secondary N) is 1. The van der Waals surface area contributed by atoms with Crippen molar-refractivity contribution in [3.8, 4) is 0 Å². The third kappa shape index (κ3) is 6.00. The molecule has 2 aliphatic heterocycles. The zero-order valence-corrected chi connectivity index (χ0v) is 22.1. The lowest BCUT2D eigenvalue weighted by molar-refractivity contribution is -0.00317. The van der Waals surface area contributed by atoms with Crippen molar-refractivity contribution in [2.24, 2.45) is 0 Å². The fourth-order valence-corrected chi connectivity index (χ4v) is 7.78. The normalized spacial score (nSPS) is 25.5. The van der Waals surface area contributed by atoms with Gasteiger partial charge >= 0.3 is 0 Å². The Kier molecular flexibility index (Phi) is 9.17. The molecular weight excluding hydrogens is 481 g/mol. The SMILES string of the molecule is COCCCOCC1(c2ccc(CC3[C@H](C)NC[C@@H](c4ccccc4)S3(=O)=O)c(F)c2)CCOCC1. The van der Waals surface area contributed by atoms with E-state index in [-0.39, 0.29) is 23.7 Å². The smallest absolute Gasteiger partial charge is 0.163 e. The summed E-state index contributed by atoms with van der Waals surface area (Å²) in [6.45, 7) is 5.17. The van der Waals surface area contributed by atoms with Crippen LogP contribution in [-0.4, -0.2) is 66.4 Å². The van der Waals surface area contributed by atoms with Gasteiger partial charge in [0.25, 0.3) is 0 Å². The number of sulfone groups is 1. The molecule has 1 unspecified atom stereocenters. The van der Waals surface area contributed by atoms with Crippen molar-refractivity contribution < 1.29 is 27.0 Å². The number of rotatable bonds is 10. The Morgan fingerprint density at radius 2 is 1.86 bits per heavy atom. The van der Waals surface area contributed by atoms with Gasteiger partial charge in [0.05, 0.1) is 17.1 Å². The van der Waals surface area contributed by atoms with Gasteiger partial charge in [-0.2, -0.15) is 0 Å². The van der Waals surface area contributed by atoms with Crippen molar-refractivity contribution in [2.75, 3.05) is 46.7 Å². The summed E-state index contributed by atoms with van der Waals surface area (Å²) < 4.78 is 59.4. The van der Waals surface area contributed by atoms with Gasteiger partial charge in [-0.05, 0) is 55.4 Å². The molecule has 36 heavy (non-hydrogen) atoms. The molecule has 0 radical (unpaired) electrons. The first-order valence-electron chi connectivity index (χ1n) is 12.8. The number of halogens is 1. The first kappa shape index (κ1) is 27.2. The molecule has 2 fully saturated rings. The van der Waals surface area contributed by atoms with Crippen molar-refractivity contribution in [1.29, 1.82) is 0 Å². The minimum absolute atomic E-state index is 0.134. The van der Waals surface area contributed by atoms with Gasteiger partial charge in [-0.1, -0.05) is 42.5 Å². The minimum atomic E-state index is -3.52. The highest BCUT2D eigenvalue weighted by Gasteiger charge is 2.43. The van der Waals surface area contributed by atoms with Crippen LogP contribution < -0.4 is 5.32 Å². The number of benzene rings is 2. The molecule has 2 aromatic rings. The minimum Gasteiger partial charge on any atom is -0.385 e. The summed E-state index contributed by atoms with van der Waals surface area (Å²) in [6, 6.07) is 14.3. The van der Waals surface area contributed by atoms with E-state index >= 15 is 4.39 Å². The van der Waals surface area contributed by atoms with E-state index in [0.29, 0.717) is 45.1 Å². The Labute approximate surface area is 214 Å². The van der Waals surface area contributed by atoms with Crippen LogP contribution in [0, 0.1) is 5.82 Å². The largest absolute Gasteiger partial charge is 0.385 e. The molecule has 0 amide bonds. The topological polar surface area (TPSA) is 73.9 Å². The molecule has 4 rings (SSSR count). The maximum absolute atomic E-state index is 15.5. The first-order chi connectivity index (χ1) is 17.4. The van der Waals surface area contributed by atoms with Crippen molar-refractivity contribution in [3.05, 3.63) is 71.0 Å². The van der Waals surface area contributed by atoms with Crippen LogP contribution in [-0.2, 0) is 35.9 Å². The average Bonchev–Trinajstić information content (AvgIpc) is 2.88. The molecule has 2 aliphatic rings. The monoisotopic (exact) mass is 519 g/mol. The molecule has 6 nitrogen and oxygen atoms in total. The van der Waals surface area contributed by atoms with E-state index in [4.69, 9.17) is 14.2 Å². The third-order valence-electron chi connectivity index (χ3n) is 7.72. The molecule has 1 N–H and O–H groups in total. The lowest BCUT2D eigenvalue weighted by Crippen LogP contribution is -2.53. The summed E-state index contributed by atoms with van der Waals surface area (Å²) >= 11 is 0. The van der Waals surface area contributed by atoms with Crippen LogP contribution in [0.15, 0.2) is 48.5 Å². The number of hydrogen-bond acceptors (Lipinski definition) is 6. The fourth-order valence-electron chi connectivity index (χ4n) is 5.42. The Balaban J connectivity index is 1.53. The Hall–Kier alpha value is -1.84. The Bertz CT molecular complexity index is 1090. The van der Waals surface area contributed by atoms with Gasteiger partial charge in [-0.3, -0.25) is 0 Å². The van der Waals surface area contributed by atoms with E-state index in [2.05, 4.69) is 5.32 Å². The van der Waals surface area contributed by atoms with Gasteiger partial charge in [-0.15, -0.1) is 0 Å². The number of ether oxygens (including phenoxy) is 3. The standard InChI is InChI=1S/C28H38FNO5S/c1-21-26(36(31,32)27(19-30-21)22-7-4-3-5-8-22)17-23-9-10-24(18-25(23)29)28(11-15-34-16-12-28)20-35-14-6-13-33-2/h3-5,7-10,18,21,26-27,30H,6,11-17,19-20H2,1-2H3/t21-,26?,27-/m0/s1. The molecule has 198 valence electrons.